The van der Waals surface area contributed by atoms with Crippen LogP contribution in [-0.4, -0.2) is 31.0 Å². The number of aliphatic hydroxyl groups excluding tert-OH is 1. The summed E-state index contributed by atoms with van der Waals surface area (Å²) in [7, 11) is 0. The summed E-state index contributed by atoms with van der Waals surface area (Å²) in [6.45, 7) is 4.28. The fourth-order valence-corrected chi connectivity index (χ4v) is 5.35. The van der Waals surface area contributed by atoms with Crippen molar-refractivity contribution in [3.05, 3.63) is 69.3 Å². The number of pyridine rings is 3. The minimum atomic E-state index is -1.63. The smallest absolute Gasteiger partial charge is 0.257 e. The SMILES string of the molecule is CCc1c2c(nc3ccc4cnccc4c13)-c1cc3c(c(=O)n1C2)COC(O)[C@]3(O)CC. The molecule has 162 valence electrons. The number of fused-ring (bicyclic) bond motifs is 7. The molecule has 1 unspecified atom stereocenters. The standard InChI is InChI=1S/C25H23N3O4/c1-3-14-16-11-28-20(9-18-17(23(28)29)12-32-24(30)25(18,31)4-2)22(16)27-19-6-5-13-10-26-8-7-15(13)21(14)19/h5-10,24,30-31H,3-4,11-12H2,1-2H3/t24?,25-/m0/s1. The molecule has 5 heterocycles. The fraction of sp³-hybridized carbons (Fsp3) is 0.320. The predicted molar refractivity (Wildman–Crippen MR) is 120 cm³/mol. The largest absolute Gasteiger partial charge is 0.380 e. The summed E-state index contributed by atoms with van der Waals surface area (Å²) in [6.07, 6.45) is 3.29. The second-order valence-corrected chi connectivity index (χ2v) is 8.58. The zero-order chi connectivity index (χ0) is 22.2. The lowest BCUT2D eigenvalue weighted by molar-refractivity contribution is -0.236. The summed E-state index contributed by atoms with van der Waals surface area (Å²) in [6, 6.07) is 7.85. The van der Waals surface area contributed by atoms with Crippen LogP contribution in [0.4, 0.5) is 0 Å². The highest BCUT2D eigenvalue weighted by Crippen LogP contribution is 2.42. The summed E-state index contributed by atoms with van der Waals surface area (Å²) in [4.78, 5) is 22.7. The third-order valence-electron chi connectivity index (χ3n) is 7.09. The van der Waals surface area contributed by atoms with Gasteiger partial charge in [-0.3, -0.25) is 9.78 Å². The van der Waals surface area contributed by atoms with Gasteiger partial charge >= 0.3 is 0 Å². The van der Waals surface area contributed by atoms with Crippen molar-refractivity contribution < 1.29 is 14.9 Å². The van der Waals surface area contributed by atoms with E-state index in [4.69, 9.17) is 9.72 Å². The van der Waals surface area contributed by atoms with Crippen LogP contribution in [0, 0.1) is 0 Å². The third-order valence-corrected chi connectivity index (χ3v) is 7.09. The molecule has 0 aliphatic carbocycles. The Morgan fingerprint density at radius 2 is 2.09 bits per heavy atom. The van der Waals surface area contributed by atoms with Gasteiger partial charge in [0.25, 0.3) is 5.56 Å². The molecule has 0 fully saturated rings. The highest BCUT2D eigenvalue weighted by atomic mass is 16.6. The molecule has 0 amide bonds. The molecule has 0 saturated carbocycles. The minimum Gasteiger partial charge on any atom is -0.380 e. The highest BCUT2D eigenvalue weighted by molar-refractivity contribution is 6.08. The fourth-order valence-electron chi connectivity index (χ4n) is 5.35. The van der Waals surface area contributed by atoms with E-state index in [-0.39, 0.29) is 18.6 Å². The van der Waals surface area contributed by atoms with Crippen molar-refractivity contribution in [1.29, 1.82) is 0 Å². The molecule has 0 bridgehead atoms. The van der Waals surface area contributed by atoms with E-state index in [9.17, 15) is 15.0 Å². The van der Waals surface area contributed by atoms with Crippen LogP contribution in [0.25, 0.3) is 33.1 Å². The van der Waals surface area contributed by atoms with Crippen LogP contribution in [0.5, 0.6) is 0 Å². The molecule has 2 aliphatic heterocycles. The first-order valence-electron chi connectivity index (χ1n) is 11.0. The Balaban J connectivity index is 1.68. The molecule has 3 aromatic heterocycles. The first kappa shape index (κ1) is 19.5. The van der Waals surface area contributed by atoms with Gasteiger partial charge in [-0.2, -0.15) is 0 Å². The topological polar surface area (TPSA) is 97.5 Å². The normalized spacial score (nSPS) is 21.6. The zero-order valence-corrected chi connectivity index (χ0v) is 17.9. The maximum Gasteiger partial charge on any atom is 0.257 e. The van der Waals surface area contributed by atoms with E-state index in [0.717, 1.165) is 39.4 Å². The number of rotatable bonds is 2. The molecule has 2 N–H and O–H groups in total. The Bertz CT molecular complexity index is 1490. The van der Waals surface area contributed by atoms with E-state index in [1.54, 1.807) is 17.7 Å². The number of benzene rings is 1. The number of ether oxygens (including phenoxy) is 1. The average molecular weight is 429 g/mol. The molecule has 6 rings (SSSR count). The van der Waals surface area contributed by atoms with E-state index in [0.29, 0.717) is 23.4 Å². The Kier molecular flexibility index (Phi) is 4.08. The van der Waals surface area contributed by atoms with Crippen LogP contribution >= 0.6 is 0 Å². The molecule has 4 aromatic rings. The molecule has 7 heteroatoms. The summed E-state index contributed by atoms with van der Waals surface area (Å²) in [5.41, 5.74) is 3.52. The zero-order valence-electron chi connectivity index (χ0n) is 17.9. The molecular formula is C25H23N3O4. The van der Waals surface area contributed by atoms with Gasteiger partial charge in [0, 0.05) is 39.9 Å². The molecule has 7 nitrogen and oxygen atoms in total. The number of aromatic nitrogens is 3. The number of hydrogen-bond donors (Lipinski definition) is 2. The van der Waals surface area contributed by atoms with Crippen LogP contribution in [-0.2, 0) is 29.9 Å². The van der Waals surface area contributed by atoms with Crippen molar-refractivity contribution in [2.45, 2.75) is 51.7 Å². The molecule has 2 atom stereocenters. The van der Waals surface area contributed by atoms with Gasteiger partial charge in [-0.05, 0) is 42.0 Å². The monoisotopic (exact) mass is 429 g/mol. The first-order valence-corrected chi connectivity index (χ1v) is 11.0. The molecule has 2 aliphatic rings. The lowest BCUT2D eigenvalue weighted by atomic mass is 9.85. The van der Waals surface area contributed by atoms with E-state index in [1.807, 2.05) is 30.5 Å². The summed E-state index contributed by atoms with van der Waals surface area (Å²) in [5.74, 6) is 0. The molecule has 32 heavy (non-hydrogen) atoms. The molecule has 1 aromatic carbocycles. The van der Waals surface area contributed by atoms with Crippen molar-refractivity contribution in [2.75, 3.05) is 0 Å². The summed E-state index contributed by atoms with van der Waals surface area (Å²) in [5, 5.41) is 24.7. The predicted octanol–water partition coefficient (Wildman–Crippen LogP) is 2.98. The number of nitrogens with zero attached hydrogens (tertiary/aromatic N) is 3. The summed E-state index contributed by atoms with van der Waals surface area (Å²) >= 11 is 0. The van der Waals surface area contributed by atoms with Gasteiger partial charge in [0.15, 0.2) is 6.29 Å². The number of hydrogen-bond acceptors (Lipinski definition) is 6. The van der Waals surface area contributed by atoms with Crippen molar-refractivity contribution in [3.8, 4) is 11.4 Å². The first-order chi connectivity index (χ1) is 15.5. The second-order valence-electron chi connectivity index (χ2n) is 8.58. The van der Waals surface area contributed by atoms with Crippen LogP contribution in [0.3, 0.4) is 0 Å². The summed E-state index contributed by atoms with van der Waals surface area (Å²) < 4.78 is 7.07. The number of aliphatic hydroxyl groups is 2. The van der Waals surface area contributed by atoms with Crippen LogP contribution in [0.2, 0.25) is 0 Å². The van der Waals surface area contributed by atoms with Crippen LogP contribution < -0.4 is 5.56 Å². The highest BCUT2D eigenvalue weighted by Gasteiger charge is 2.44. The average Bonchev–Trinajstić information content (AvgIpc) is 3.19. The van der Waals surface area contributed by atoms with Gasteiger partial charge in [-0.15, -0.1) is 0 Å². The molecule has 0 radical (unpaired) electrons. The van der Waals surface area contributed by atoms with E-state index in [2.05, 4.69) is 11.9 Å². The van der Waals surface area contributed by atoms with Gasteiger partial charge in [0.2, 0.25) is 0 Å². The van der Waals surface area contributed by atoms with Crippen molar-refractivity contribution in [3.63, 3.8) is 0 Å². The van der Waals surface area contributed by atoms with E-state index >= 15 is 0 Å². The second kappa shape index (κ2) is 6.68. The lowest BCUT2D eigenvalue weighted by Gasteiger charge is -2.37. The lowest BCUT2D eigenvalue weighted by Crippen LogP contribution is -2.47. The quantitative estimate of drug-likeness (QED) is 0.419. The van der Waals surface area contributed by atoms with Crippen LogP contribution in [0.15, 0.2) is 41.5 Å². The van der Waals surface area contributed by atoms with E-state index in [1.165, 1.54) is 5.56 Å². The Morgan fingerprint density at radius 3 is 2.88 bits per heavy atom. The maximum atomic E-state index is 13.4. The molecular weight excluding hydrogens is 406 g/mol. The van der Waals surface area contributed by atoms with Crippen molar-refractivity contribution in [1.82, 2.24) is 14.5 Å². The van der Waals surface area contributed by atoms with Gasteiger partial charge in [0.1, 0.15) is 5.60 Å². The third kappa shape index (κ3) is 2.38. The van der Waals surface area contributed by atoms with E-state index < -0.39 is 11.9 Å². The van der Waals surface area contributed by atoms with Gasteiger partial charge < -0.3 is 19.5 Å². The Labute approximate surface area is 183 Å². The van der Waals surface area contributed by atoms with Crippen molar-refractivity contribution in [2.24, 2.45) is 0 Å². The van der Waals surface area contributed by atoms with Crippen LogP contribution in [0.1, 0.15) is 42.5 Å². The maximum absolute atomic E-state index is 13.4. The van der Waals surface area contributed by atoms with Gasteiger partial charge in [-0.25, -0.2) is 4.98 Å². The van der Waals surface area contributed by atoms with Gasteiger partial charge in [-0.1, -0.05) is 19.9 Å². The molecule has 0 saturated heterocycles. The Morgan fingerprint density at radius 1 is 1.25 bits per heavy atom. The minimum absolute atomic E-state index is 0.0258. The number of aryl methyl sites for hydroxylation is 1. The molecule has 0 spiro atoms. The Hall–Kier alpha value is -3.13. The van der Waals surface area contributed by atoms with Crippen molar-refractivity contribution >= 4 is 21.7 Å². The van der Waals surface area contributed by atoms with Gasteiger partial charge in [0.05, 0.1) is 30.1 Å².